The molecule has 1 N–H and O–H groups in total. The van der Waals surface area contributed by atoms with Gasteiger partial charge in [0, 0.05) is 18.2 Å². The quantitative estimate of drug-likeness (QED) is 0.491. The van der Waals surface area contributed by atoms with Crippen LogP contribution in [0.5, 0.6) is 0 Å². The van der Waals surface area contributed by atoms with E-state index in [-0.39, 0.29) is 11.4 Å². The molecule has 144 valence electrons. The highest BCUT2D eigenvalue weighted by atomic mass is 16.5. The highest BCUT2D eigenvalue weighted by molar-refractivity contribution is 5.69. The van der Waals surface area contributed by atoms with Gasteiger partial charge in [0.1, 0.15) is 0 Å². The highest BCUT2D eigenvalue weighted by Crippen LogP contribution is 2.29. The van der Waals surface area contributed by atoms with E-state index in [1.807, 2.05) is 6.92 Å². The summed E-state index contributed by atoms with van der Waals surface area (Å²) in [5, 5.41) is 3.69. The molecule has 1 aliphatic carbocycles. The normalized spacial score (nSPS) is 20.9. The monoisotopic (exact) mass is 357 g/mol. The first-order valence-corrected chi connectivity index (χ1v) is 10.1. The average Bonchev–Trinajstić information content (AvgIpc) is 2.60. The Morgan fingerprint density at radius 2 is 1.81 bits per heavy atom. The molecule has 0 atom stereocenters. The SMILES string of the molecule is CCOC(=O)CC/C=C/C1CCC(Nc2ccc(C(C)(C)C)cc2)CC1. The summed E-state index contributed by atoms with van der Waals surface area (Å²) in [4.78, 5) is 11.3. The lowest BCUT2D eigenvalue weighted by Crippen LogP contribution is -2.25. The van der Waals surface area contributed by atoms with Crippen molar-refractivity contribution in [3.8, 4) is 0 Å². The molecule has 0 unspecified atom stereocenters. The number of benzene rings is 1. The van der Waals surface area contributed by atoms with E-state index in [2.05, 4.69) is 62.5 Å². The van der Waals surface area contributed by atoms with Gasteiger partial charge in [0.15, 0.2) is 0 Å². The number of hydrogen-bond acceptors (Lipinski definition) is 3. The molecule has 2 rings (SSSR count). The van der Waals surface area contributed by atoms with E-state index in [1.165, 1.54) is 36.9 Å². The van der Waals surface area contributed by atoms with Gasteiger partial charge in [0.25, 0.3) is 0 Å². The maximum atomic E-state index is 11.3. The molecule has 3 heteroatoms. The summed E-state index contributed by atoms with van der Waals surface area (Å²) < 4.78 is 4.95. The molecule has 0 bridgehead atoms. The molecular weight excluding hydrogens is 322 g/mol. The van der Waals surface area contributed by atoms with Gasteiger partial charge >= 0.3 is 5.97 Å². The Labute approximate surface area is 159 Å². The van der Waals surface area contributed by atoms with Crippen LogP contribution in [-0.4, -0.2) is 18.6 Å². The molecule has 1 aromatic carbocycles. The first kappa shape index (κ1) is 20.5. The number of anilines is 1. The van der Waals surface area contributed by atoms with Crippen molar-refractivity contribution in [1.29, 1.82) is 0 Å². The Morgan fingerprint density at radius 3 is 2.38 bits per heavy atom. The van der Waals surface area contributed by atoms with Gasteiger partial charge in [-0.25, -0.2) is 0 Å². The minimum absolute atomic E-state index is 0.0949. The van der Waals surface area contributed by atoms with Crippen molar-refractivity contribution in [2.45, 2.75) is 77.7 Å². The minimum Gasteiger partial charge on any atom is -0.466 e. The second-order valence-electron chi connectivity index (χ2n) is 8.36. The number of allylic oxidation sites excluding steroid dienone is 2. The van der Waals surface area contributed by atoms with Gasteiger partial charge in [0.05, 0.1) is 6.61 Å². The lowest BCUT2D eigenvalue weighted by Gasteiger charge is -2.28. The lowest BCUT2D eigenvalue weighted by atomic mass is 9.85. The molecule has 0 radical (unpaired) electrons. The van der Waals surface area contributed by atoms with Crippen LogP contribution < -0.4 is 5.32 Å². The maximum Gasteiger partial charge on any atom is 0.306 e. The molecule has 26 heavy (non-hydrogen) atoms. The number of carbonyl (C=O) groups excluding carboxylic acids is 1. The fraction of sp³-hybridized carbons (Fsp3) is 0.609. The summed E-state index contributed by atoms with van der Waals surface area (Å²) in [5.74, 6) is 0.557. The molecule has 0 amide bonds. The van der Waals surface area contributed by atoms with Gasteiger partial charge in [-0.15, -0.1) is 0 Å². The molecule has 1 fully saturated rings. The Bertz CT molecular complexity index is 575. The Kier molecular flexibility index (Phi) is 7.74. The fourth-order valence-corrected chi connectivity index (χ4v) is 3.48. The zero-order valence-corrected chi connectivity index (χ0v) is 16.9. The van der Waals surface area contributed by atoms with Crippen molar-refractivity contribution in [1.82, 2.24) is 0 Å². The van der Waals surface area contributed by atoms with Crippen LogP contribution in [0.15, 0.2) is 36.4 Å². The van der Waals surface area contributed by atoms with Gasteiger partial charge < -0.3 is 10.1 Å². The Morgan fingerprint density at radius 1 is 1.15 bits per heavy atom. The first-order valence-electron chi connectivity index (χ1n) is 10.1. The summed E-state index contributed by atoms with van der Waals surface area (Å²) in [6.45, 7) is 9.06. The van der Waals surface area contributed by atoms with E-state index in [9.17, 15) is 4.79 Å². The third-order valence-corrected chi connectivity index (χ3v) is 5.12. The largest absolute Gasteiger partial charge is 0.466 e. The van der Waals surface area contributed by atoms with Crippen molar-refractivity contribution >= 4 is 11.7 Å². The van der Waals surface area contributed by atoms with E-state index in [1.54, 1.807) is 0 Å². The van der Waals surface area contributed by atoms with E-state index in [4.69, 9.17) is 4.74 Å². The predicted octanol–water partition coefficient (Wildman–Crippen LogP) is 5.85. The number of ether oxygens (including phenoxy) is 1. The number of carbonyl (C=O) groups is 1. The van der Waals surface area contributed by atoms with E-state index in [0.29, 0.717) is 25.0 Å². The van der Waals surface area contributed by atoms with Gasteiger partial charge in [-0.2, -0.15) is 0 Å². The van der Waals surface area contributed by atoms with Crippen LogP contribution in [0.3, 0.4) is 0 Å². The second kappa shape index (κ2) is 9.80. The molecule has 0 aromatic heterocycles. The molecule has 0 heterocycles. The van der Waals surface area contributed by atoms with Gasteiger partial charge in [-0.05, 0) is 68.1 Å². The third-order valence-electron chi connectivity index (χ3n) is 5.12. The van der Waals surface area contributed by atoms with Gasteiger partial charge in [0.2, 0.25) is 0 Å². The lowest BCUT2D eigenvalue weighted by molar-refractivity contribution is -0.143. The highest BCUT2D eigenvalue weighted by Gasteiger charge is 2.19. The summed E-state index contributed by atoms with van der Waals surface area (Å²) in [6.07, 6.45) is 10.6. The number of hydrogen-bond donors (Lipinski definition) is 1. The smallest absolute Gasteiger partial charge is 0.306 e. The van der Waals surface area contributed by atoms with E-state index in [0.717, 1.165) is 6.42 Å². The summed E-state index contributed by atoms with van der Waals surface area (Å²) in [6, 6.07) is 9.46. The first-order chi connectivity index (χ1) is 12.4. The van der Waals surface area contributed by atoms with Crippen molar-refractivity contribution in [2.24, 2.45) is 5.92 Å². The average molecular weight is 358 g/mol. The van der Waals surface area contributed by atoms with Crippen molar-refractivity contribution in [3.63, 3.8) is 0 Å². The van der Waals surface area contributed by atoms with Crippen LogP contribution in [0.25, 0.3) is 0 Å². The fourth-order valence-electron chi connectivity index (χ4n) is 3.48. The van der Waals surface area contributed by atoms with E-state index >= 15 is 0 Å². The molecular formula is C23H35NO2. The molecule has 1 aliphatic rings. The zero-order chi connectivity index (χ0) is 19.0. The topological polar surface area (TPSA) is 38.3 Å². The van der Waals surface area contributed by atoms with Crippen molar-refractivity contribution < 1.29 is 9.53 Å². The minimum atomic E-state index is -0.0949. The molecule has 1 aromatic rings. The Hall–Kier alpha value is -1.77. The van der Waals surface area contributed by atoms with Crippen LogP contribution in [0, 0.1) is 5.92 Å². The van der Waals surface area contributed by atoms with Crippen LogP contribution in [0.1, 0.15) is 71.8 Å². The third kappa shape index (κ3) is 6.86. The van der Waals surface area contributed by atoms with Crippen LogP contribution in [0.4, 0.5) is 5.69 Å². The predicted molar refractivity (Wildman–Crippen MR) is 110 cm³/mol. The summed E-state index contributed by atoms with van der Waals surface area (Å²) >= 11 is 0. The van der Waals surface area contributed by atoms with Crippen molar-refractivity contribution in [2.75, 3.05) is 11.9 Å². The van der Waals surface area contributed by atoms with E-state index < -0.39 is 0 Å². The van der Waals surface area contributed by atoms with Crippen molar-refractivity contribution in [3.05, 3.63) is 42.0 Å². The Balaban J connectivity index is 1.70. The molecule has 3 nitrogen and oxygen atoms in total. The van der Waals surface area contributed by atoms with Gasteiger partial charge in [-0.1, -0.05) is 45.1 Å². The number of rotatable bonds is 7. The second-order valence-corrected chi connectivity index (χ2v) is 8.36. The summed E-state index contributed by atoms with van der Waals surface area (Å²) in [7, 11) is 0. The maximum absolute atomic E-state index is 11.3. The summed E-state index contributed by atoms with van der Waals surface area (Å²) in [5.41, 5.74) is 2.81. The standard InChI is InChI=1S/C23H35NO2/c1-5-26-22(25)9-7-6-8-18-10-14-20(15-11-18)24-21-16-12-19(13-17-21)23(2,3)4/h6,8,12-13,16-18,20,24H,5,7,9-11,14-15H2,1-4H3/b8-6+. The van der Waals surface area contributed by atoms with Crippen LogP contribution in [-0.2, 0) is 14.9 Å². The molecule has 1 saturated carbocycles. The van der Waals surface area contributed by atoms with Crippen LogP contribution >= 0.6 is 0 Å². The zero-order valence-electron chi connectivity index (χ0n) is 16.9. The number of nitrogens with one attached hydrogen (secondary N) is 1. The van der Waals surface area contributed by atoms with Gasteiger partial charge in [-0.3, -0.25) is 4.79 Å². The molecule has 0 saturated heterocycles. The number of esters is 1. The molecule has 0 spiro atoms. The van der Waals surface area contributed by atoms with Crippen LogP contribution in [0.2, 0.25) is 0 Å². The molecule has 0 aliphatic heterocycles.